The summed E-state index contributed by atoms with van der Waals surface area (Å²) in [7, 11) is 0. The summed E-state index contributed by atoms with van der Waals surface area (Å²) in [4.78, 5) is 22.1. The SMILES string of the molecule is NC(=O)CN1CCC(c2nc(-c3cn4ccccc4n3)no2)CC1. The van der Waals surface area contributed by atoms with Gasteiger partial charge in [-0.15, -0.1) is 0 Å². The molecule has 0 saturated carbocycles. The first-order chi connectivity index (χ1) is 11.7. The molecule has 1 aliphatic heterocycles. The Labute approximate surface area is 138 Å². The Morgan fingerprint density at radius 3 is 2.88 bits per heavy atom. The van der Waals surface area contributed by atoms with E-state index in [1.165, 1.54) is 0 Å². The summed E-state index contributed by atoms with van der Waals surface area (Å²) < 4.78 is 7.37. The molecule has 1 amide bonds. The zero-order valence-electron chi connectivity index (χ0n) is 13.1. The molecule has 0 spiro atoms. The largest absolute Gasteiger partial charge is 0.369 e. The number of rotatable bonds is 4. The third kappa shape index (κ3) is 2.88. The Morgan fingerprint density at radius 2 is 2.12 bits per heavy atom. The van der Waals surface area contributed by atoms with Crippen LogP contribution in [0.15, 0.2) is 35.1 Å². The van der Waals surface area contributed by atoms with Crippen LogP contribution in [0, 0.1) is 0 Å². The van der Waals surface area contributed by atoms with Crippen molar-refractivity contribution in [2.24, 2.45) is 5.73 Å². The molecule has 1 aliphatic rings. The summed E-state index contributed by atoms with van der Waals surface area (Å²) in [6.07, 6.45) is 5.57. The first kappa shape index (κ1) is 14.8. The van der Waals surface area contributed by atoms with Crippen molar-refractivity contribution in [1.82, 2.24) is 24.4 Å². The van der Waals surface area contributed by atoms with Gasteiger partial charge in [-0.2, -0.15) is 4.98 Å². The number of imidazole rings is 1. The number of fused-ring (bicyclic) bond motifs is 1. The number of aromatic nitrogens is 4. The third-order valence-corrected chi connectivity index (χ3v) is 4.35. The predicted octanol–water partition coefficient (Wildman–Crippen LogP) is 1.05. The number of likely N-dealkylation sites (tertiary alicyclic amines) is 1. The predicted molar refractivity (Wildman–Crippen MR) is 86.1 cm³/mol. The number of hydrogen-bond donors (Lipinski definition) is 1. The average molecular weight is 326 g/mol. The van der Waals surface area contributed by atoms with Crippen molar-refractivity contribution in [3.05, 3.63) is 36.5 Å². The van der Waals surface area contributed by atoms with Crippen LogP contribution < -0.4 is 5.73 Å². The molecule has 0 radical (unpaired) electrons. The van der Waals surface area contributed by atoms with Crippen LogP contribution in [0.5, 0.6) is 0 Å². The van der Waals surface area contributed by atoms with Gasteiger partial charge < -0.3 is 14.7 Å². The van der Waals surface area contributed by atoms with E-state index in [0.29, 0.717) is 24.0 Å². The lowest BCUT2D eigenvalue weighted by Gasteiger charge is -2.29. The van der Waals surface area contributed by atoms with Crippen LogP contribution in [0.3, 0.4) is 0 Å². The lowest BCUT2D eigenvalue weighted by molar-refractivity contribution is -0.119. The summed E-state index contributed by atoms with van der Waals surface area (Å²) in [6.45, 7) is 1.92. The molecule has 2 N–H and O–H groups in total. The van der Waals surface area contributed by atoms with Gasteiger partial charge in [0.2, 0.25) is 17.6 Å². The van der Waals surface area contributed by atoms with E-state index in [1.54, 1.807) is 0 Å². The molecular weight excluding hydrogens is 308 g/mol. The highest BCUT2D eigenvalue weighted by atomic mass is 16.5. The van der Waals surface area contributed by atoms with Gasteiger partial charge in [0.15, 0.2) is 0 Å². The van der Waals surface area contributed by atoms with Crippen LogP contribution >= 0.6 is 0 Å². The van der Waals surface area contributed by atoms with Crippen LogP contribution in [-0.2, 0) is 4.79 Å². The Balaban J connectivity index is 1.48. The summed E-state index contributed by atoms with van der Waals surface area (Å²) >= 11 is 0. The van der Waals surface area contributed by atoms with Crippen molar-refractivity contribution in [3.63, 3.8) is 0 Å². The minimum atomic E-state index is -0.291. The molecule has 3 aromatic heterocycles. The Hall–Kier alpha value is -2.74. The first-order valence-electron chi connectivity index (χ1n) is 7.97. The van der Waals surface area contributed by atoms with Gasteiger partial charge in [0.1, 0.15) is 11.3 Å². The molecule has 8 nitrogen and oxygen atoms in total. The quantitative estimate of drug-likeness (QED) is 0.769. The number of hydrogen-bond acceptors (Lipinski definition) is 6. The number of amides is 1. The molecule has 24 heavy (non-hydrogen) atoms. The fourth-order valence-electron chi connectivity index (χ4n) is 3.11. The molecule has 0 unspecified atom stereocenters. The van der Waals surface area contributed by atoms with Gasteiger partial charge >= 0.3 is 0 Å². The molecule has 4 rings (SSSR count). The molecule has 8 heteroatoms. The average Bonchev–Trinajstić information content (AvgIpc) is 3.21. The van der Waals surface area contributed by atoms with E-state index in [2.05, 4.69) is 20.0 Å². The highest BCUT2D eigenvalue weighted by Crippen LogP contribution is 2.28. The minimum Gasteiger partial charge on any atom is -0.369 e. The summed E-state index contributed by atoms with van der Waals surface area (Å²) in [5.74, 6) is 1.07. The number of carbonyl (C=O) groups excluding carboxylic acids is 1. The van der Waals surface area contributed by atoms with Gasteiger partial charge in [-0.05, 0) is 38.1 Å². The maximum absolute atomic E-state index is 11.0. The molecule has 0 aromatic carbocycles. The monoisotopic (exact) mass is 326 g/mol. The first-order valence-corrected chi connectivity index (χ1v) is 7.97. The molecule has 1 fully saturated rings. The van der Waals surface area contributed by atoms with E-state index in [1.807, 2.05) is 35.0 Å². The second kappa shape index (κ2) is 6.04. The summed E-state index contributed by atoms with van der Waals surface area (Å²) in [6, 6.07) is 5.81. The molecule has 1 saturated heterocycles. The highest BCUT2D eigenvalue weighted by Gasteiger charge is 2.26. The topological polar surface area (TPSA) is 103 Å². The lowest BCUT2D eigenvalue weighted by Crippen LogP contribution is -2.39. The van der Waals surface area contributed by atoms with Gasteiger partial charge in [-0.25, -0.2) is 4.98 Å². The molecule has 0 aliphatic carbocycles. The molecule has 4 heterocycles. The fraction of sp³-hybridized carbons (Fsp3) is 0.375. The maximum atomic E-state index is 11.0. The number of primary amides is 1. The van der Waals surface area contributed by atoms with E-state index in [4.69, 9.17) is 10.3 Å². The molecule has 3 aromatic rings. The van der Waals surface area contributed by atoms with Gasteiger partial charge in [0, 0.05) is 18.3 Å². The normalized spacial score (nSPS) is 16.7. The van der Waals surface area contributed by atoms with Crippen molar-refractivity contribution in [1.29, 1.82) is 0 Å². The maximum Gasteiger partial charge on any atom is 0.231 e. The zero-order valence-corrected chi connectivity index (χ0v) is 13.1. The summed E-state index contributed by atoms with van der Waals surface area (Å²) in [5.41, 5.74) is 6.78. The van der Waals surface area contributed by atoms with Crippen molar-refractivity contribution >= 4 is 11.6 Å². The highest BCUT2D eigenvalue weighted by molar-refractivity contribution is 5.75. The van der Waals surface area contributed by atoms with Gasteiger partial charge in [-0.3, -0.25) is 9.69 Å². The molecular formula is C16H18N6O2. The standard InChI is InChI=1S/C16H18N6O2/c17-13(23)10-21-7-4-11(5-8-21)16-19-15(20-24-16)12-9-22-6-2-1-3-14(22)18-12/h1-3,6,9,11H,4-5,7-8,10H2,(H2,17,23). The van der Waals surface area contributed by atoms with E-state index in [9.17, 15) is 4.79 Å². The van der Waals surface area contributed by atoms with E-state index in [0.717, 1.165) is 31.6 Å². The Kier molecular flexibility index (Phi) is 3.73. The van der Waals surface area contributed by atoms with Crippen LogP contribution in [0.2, 0.25) is 0 Å². The van der Waals surface area contributed by atoms with Gasteiger partial charge in [-0.1, -0.05) is 11.2 Å². The second-order valence-corrected chi connectivity index (χ2v) is 6.07. The molecule has 0 bridgehead atoms. The Bertz CT molecular complexity index is 829. The van der Waals surface area contributed by atoms with E-state index >= 15 is 0 Å². The zero-order chi connectivity index (χ0) is 16.5. The van der Waals surface area contributed by atoms with Crippen LogP contribution in [-0.4, -0.2) is 50.0 Å². The second-order valence-electron chi connectivity index (χ2n) is 6.07. The number of carbonyl (C=O) groups is 1. The fourth-order valence-corrected chi connectivity index (χ4v) is 3.11. The van der Waals surface area contributed by atoms with Crippen molar-refractivity contribution in [3.8, 4) is 11.5 Å². The van der Waals surface area contributed by atoms with E-state index in [-0.39, 0.29) is 11.8 Å². The number of pyridine rings is 1. The molecule has 0 atom stereocenters. The number of piperidine rings is 1. The van der Waals surface area contributed by atoms with Gasteiger partial charge in [0.05, 0.1) is 6.54 Å². The third-order valence-electron chi connectivity index (χ3n) is 4.35. The van der Waals surface area contributed by atoms with Gasteiger partial charge in [0.25, 0.3) is 0 Å². The van der Waals surface area contributed by atoms with Crippen molar-refractivity contribution in [2.75, 3.05) is 19.6 Å². The van der Waals surface area contributed by atoms with Crippen LogP contribution in [0.25, 0.3) is 17.2 Å². The summed E-state index contributed by atoms with van der Waals surface area (Å²) in [5, 5.41) is 4.07. The Morgan fingerprint density at radius 1 is 1.29 bits per heavy atom. The van der Waals surface area contributed by atoms with E-state index < -0.39 is 0 Å². The van der Waals surface area contributed by atoms with Crippen molar-refractivity contribution < 1.29 is 9.32 Å². The smallest absolute Gasteiger partial charge is 0.231 e. The minimum absolute atomic E-state index is 0.215. The van der Waals surface area contributed by atoms with Crippen LogP contribution in [0.4, 0.5) is 0 Å². The van der Waals surface area contributed by atoms with Crippen molar-refractivity contribution in [2.45, 2.75) is 18.8 Å². The molecule has 124 valence electrons. The van der Waals surface area contributed by atoms with Crippen LogP contribution in [0.1, 0.15) is 24.7 Å². The lowest BCUT2D eigenvalue weighted by atomic mass is 9.97. The number of nitrogens with zero attached hydrogens (tertiary/aromatic N) is 5. The number of nitrogens with two attached hydrogens (primary N) is 1.